The fraction of sp³-hybridized carbons (Fsp3) is 0.839. The van der Waals surface area contributed by atoms with Crippen LogP contribution in [0.1, 0.15) is 85.5 Å². The monoisotopic (exact) mass is 467 g/mol. The highest BCUT2D eigenvalue weighted by molar-refractivity contribution is 5.95. The van der Waals surface area contributed by atoms with Gasteiger partial charge in [-0.05, 0) is 118 Å². The first-order valence-electron chi connectivity index (χ1n) is 14.1. The zero-order valence-electron chi connectivity index (χ0n) is 23.0. The van der Waals surface area contributed by atoms with Crippen molar-refractivity contribution in [1.29, 1.82) is 0 Å². The van der Waals surface area contributed by atoms with Crippen molar-refractivity contribution in [2.75, 3.05) is 21.2 Å². The molecule has 34 heavy (non-hydrogen) atoms. The van der Waals surface area contributed by atoms with Crippen LogP contribution in [-0.2, 0) is 9.53 Å². The molecule has 0 amide bonds. The van der Waals surface area contributed by atoms with E-state index in [4.69, 9.17) is 4.74 Å². The second-order valence-electron chi connectivity index (χ2n) is 14.0. The van der Waals surface area contributed by atoms with Gasteiger partial charge >= 0.3 is 0 Å². The molecule has 0 bridgehead atoms. The van der Waals surface area contributed by atoms with Crippen molar-refractivity contribution in [3.63, 3.8) is 0 Å². The quantitative estimate of drug-likeness (QED) is 0.423. The van der Waals surface area contributed by atoms with Crippen molar-refractivity contribution in [2.24, 2.45) is 51.8 Å². The molecular weight excluding hydrogens is 418 g/mol. The fourth-order valence-electron chi connectivity index (χ4n) is 10.5. The third-order valence-electron chi connectivity index (χ3n) is 12.4. The van der Waals surface area contributed by atoms with Gasteiger partial charge in [-0.3, -0.25) is 4.79 Å². The van der Waals surface area contributed by atoms with Gasteiger partial charge in [0.25, 0.3) is 0 Å². The van der Waals surface area contributed by atoms with Crippen molar-refractivity contribution in [2.45, 2.75) is 91.5 Å². The van der Waals surface area contributed by atoms with Crippen LogP contribution < -0.4 is 0 Å². The molecule has 0 aromatic rings. The van der Waals surface area contributed by atoms with E-state index in [1.54, 1.807) is 7.11 Å². The van der Waals surface area contributed by atoms with Gasteiger partial charge in [-0.25, -0.2) is 0 Å². The van der Waals surface area contributed by atoms with Crippen LogP contribution >= 0.6 is 0 Å². The molecule has 0 radical (unpaired) electrons. The van der Waals surface area contributed by atoms with E-state index in [-0.39, 0.29) is 16.7 Å². The topological polar surface area (TPSA) is 29.5 Å². The normalized spacial score (nSPS) is 50.4. The van der Waals surface area contributed by atoms with Crippen LogP contribution in [0.5, 0.6) is 0 Å². The number of nitrogens with zero attached hydrogens (tertiary/aromatic N) is 1. The van der Waals surface area contributed by atoms with Crippen LogP contribution in [0.3, 0.4) is 0 Å². The van der Waals surface area contributed by atoms with E-state index in [0.717, 1.165) is 12.2 Å². The molecule has 0 N–H and O–H groups in total. The summed E-state index contributed by atoms with van der Waals surface area (Å²) in [7, 11) is 6.25. The summed E-state index contributed by atoms with van der Waals surface area (Å²) in [4.78, 5) is 16.6. The number of rotatable bonds is 3. The maximum Gasteiger partial charge on any atom is 0.159 e. The van der Waals surface area contributed by atoms with Gasteiger partial charge in [0.2, 0.25) is 0 Å². The second kappa shape index (κ2) is 8.22. The summed E-state index contributed by atoms with van der Waals surface area (Å²) in [6.45, 7) is 14.2. The Kier molecular flexibility index (Phi) is 5.95. The number of carbonyl (C=O) groups excluding carboxylic acids is 1. The minimum absolute atomic E-state index is 0.115. The molecule has 0 heterocycles. The Bertz CT molecular complexity index is 890. The summed E-state index contributed by atoms with van der Waals surface area (Å²) in [6, 6.07) is 0.649. The number of allylic oxidation sites excluding steroid dienone is 3. The van der Waals surface area contributed by atoms with E-state index >= 15 is 0 Å². The van der Waals surface area contributed by atoms with E-state index in [0.29, 0.717) is 46.8 Å². The molecule has 10 atom stereocenters. The van der Waals surface area contributed by atoms with Crippen molar-refractivity contribution in [3.8, 4) is 0 Å². The number of fused-ring (bicyclic) bond motifs is 7. The smallest absolute Gasteiger partial charge is 0.159 e. The number of hydrogen-bond donors (Lipinski definition) is 0. The van der Waals surface area contributed by atoms with E-state index in [1.807, 2.05) is 0 Å². The lowest BCUT2D eigenvalue weighted by atomic mass is 9.38. The molecule has 190 valence electrons. The Morgan fingerprint density at radius 3 is 2.35 bits per heavy atom. The Hall–Kier alpha value is -1.09. The SMILES string of the molecule is C=C(OC)C1CC[C@]2(C)CCC3C(=CC(=O)C4[C@@]3(C)CCC3[C@@H](C)C(N(C)C)CC[C@@]34C)[C@@H]2C1. The van der Waals surface area contributed by atoms with Gasteiger partial charge in [0.05, 0.1) is 12.9 Å². The summed E-state index contributed by atoms with van der Waals surface area (Å²) in [5.41, 5.74) is 2.10. The van der Waals surface area contributed by atoms with Gasteiger partial charge in [-0.2, -0.15) is 0 Å². The van der Waals surface area contributed by atoms with Crippen LogP contribution in [0.4, 0.5) is 0 Å². The highest BCUT2D eigenvalue weighted by Gasteiger charge is 2.64. The van der Waals surface area contributed by atoms with Crippen LogP contribution in [0.2, 0.25) is 0 Å². The van der Waals surface area contributed by atoms with Crippen LogP contribution in [0.15, 0.2) is 24.0 Å². The molecule has 4 saturated carbocycles. The largest absolute Gasteiger partial charge is 0.501 e. The van der Waals surface area contributed by atoms with Crippen LogP contribution in [-0.4, -0.2) is 37.9 Å². The van der Waals surface area contributed by atoms with Crippen LogP contribution in [0.25, 0.3) is 0 Å². The van der Waals surface area contributed by atoms with Gasteiger partial charge in [0, 0.05) is 17.9 Å². The summed E-state index contributed by atoms with van der Waals surface area (Å²) in [5.74, 6) is 4.42. The van der Waals surface area contributed by atoms with E-state index in [1.165, 1.54) is 56.9 Å². The number of hydrogen-bond acceptors (Lipinski definition) is 3. The van der Waals surface area contributed by atoms with Crippen molar-refractivity contribution >= 4 is 5.78 Å². The lowest BCUT2D eigenvalue weighted by Crippen LogP contribution is -2.62. The maximum absolute atomic E-state index is 14.2. The van der Waals surface area contributed by atoms with Gasteiger partial charge in [-0.1, -0.05) is 39.8 Å². The molecular formula is C31H49NO2. The third-order valence-corrected chi connectivity index (χ3v) is 12.4. The molecule has 3 nitrogen and oxygen atoms in total. The molecule has 5 unspecified atom stereocenters. The molecule has 5 aliphatic carbocycles. The molecule has 5 rings (SSSR count). The van der Waals surface area contributed by atoms with Gasteiger partial charge in [-0.15, -0.1) is 0 Å². The second-order valence-corrected chi connectivity index (χ2v) is 14.0. The molecule has 0 aromatic carbocycles. The van der Waals surface area contributed by atoms with Crippen molar-refractivity contribution in [1.82, 2.24) is 4.90 Å². The van der Waals surface area contributed by atoms with E-state index in [2.05, 4.69) is 59.3 Å². The summed E-state index contributed by atoms with van der Waals surface area (Å²) >= 11 is 0. The fourth-order valence-corrected chi connectivity index (χ4v) is 10.5. The number of ether oxygens (including phenoxy) is 1. The standard InChI is InChI=1S/C31H49NO2/c1-19-23-11-15-31(5)24-10-14-29(3)13-9-21(20(2)34-8)17-25(29)22(24)18-27(33)28(31)30(23,4)16-12-26(19)32(6)7/h18-19,21,23-26,28H,2,9-17H2,1,3-8H3/t19-,21?,23?,24?,25+,26?,28?,29-,30+,31+/m1/s1. The predicted molar refractivity (Wildman–Crippen MR) is 139 cm³/mol. The third kappa shape index (κ3) is 3.35. The molecule has 5 aliphatic rings. The highest BCUT2D eigenvalue weighted by Crippen LogP contribution is 2.69. The first kappa shape index (κ1) is 24.6. The number of carbonyl (C=O) groups is 1. The predicted octanol–water partition coefficient (Wildman–Crippen LogP) is 6.89. The Morgan fingerprint density at radius 1 is 1.00 bits per heavy atom. The Labute approximate surface area is 208 Å². The van der Waals surface area contributed by atoms with E-state index < -0.39 is 0 Å². The molecule has 3 heteroatoms. The molecule has 0 saturated heterocycles. The zero-order valence-corrected chi connectivity index (χ0v) is 23.0. The molecule has 4 fully saturated rings. The lowest BCUT2D eigenvalue weighted by molar-refractivity contribution is -0.163. The summed E-state index contributed by atoms with van der Waals surface area (Å²) < 4.78 is 5.59. The van der Waals surface area contributed by atoms with Gasteiger partial charge in [0.1, 0.15) is 0 Å². The molecule has 0 aliphatic heterocycles. The molecule has 0 spiro atoms. The summed E-state index contributed by atoms with van der Waals surface area (Å²) in [5, 5.41) is 0. The van der Waals surface area contributed by atoms with E-state index in [9.17, 15) is 4.79 Å². The van der Waals surface area contributed by atoms with Crippen LogP contribution in [0, 0.1) is 51.8 Å². The minimum Gasteiger partial charge on any atom is -0.501 e. The highest BCUT2D eigenvalue weighted by atomic mass is 16.5. The first-order valence-corrected chi connectivity index (χ1v) is 14.1. The van der Waals surface area contributed by atoms with Gasteiger partial charge < -0.3 is 9.64 Å². The average Bonchev–Trinajstić information content (AvgIpc) is 2.77. The average molecular weight is 468 g/mol. The maximum atomic E-state index is 14.2. The lowest BCUT2D eigenvalue weighted by Gasteiger charge is -2.66. The zero-order chi connectivity index (χ0) is 24.6. The van der Waals surface area contributed by atoms with Gasteiger partial charge in [0.15, 0.2) is 5.78 Å². The first-order chi connectivity index (χ1) is 16.0. The van der Waals surface area contributed by atoms with Crippen molar-refractivity contribution < 1.29 is 9.53 Å². The Morgan fingerprint density at radius 2 is 1.68 bits per heavy atom. The summed E-state index contributed by atoms with van der Waals surface area (Å²) in [6.07, 6.45) is 13.2. The number of ketones is 1. The number of methoxy groups -OCH3 is 1. The minimum atomic E-state index is 0.115. The Balaban J connectivity index is 1.51. The van der Waals surface area contributed by atoms with Crippen molar-refractivity contribution in [3.05, 3.63) is 24.0 Å². The molecule has 0 aromatic heterocycles.